The molecule has 0 aromatic carbocycles. The van der Waals surface area contributed by atoms with Crippen LogP contribution in [0.15, 0.2) is 109 Å². The van der Waals surface area contributed by atoms with Crippen LogP contribution in [-0.4, -0.2) is 37.2 Å². The first-order chi connectivity index (χ1) is 29.5. The Bertz CT molecular complexity index is 1280. The minimum absolute atomic E-state index is 0.102. The molecular weight excluding hydrogens is 745 g/mol. The van der Waals surface area contributed by atoms with E-state index < -0.39 is 6.10 Å². The molecule has 0 amide bonds. The lowest BCUT2D eigenvalue weighted by Gasteiger charge is -2.18. The molecule has 0 radical (unpaired) electrons. The summed E-state index contributed by atoms with van der Waals surface area (Å²) in [5.41, 5.74) is 0. The van der Waals surface area contributed by atoms with Crippen molar-refractivity contribution >= 4 is 17.9 Å². The Hall–Kier alpha value is -3.93. The molecule has 0 aromatic rings. The summed E-state index contributed by atoms with van der Waals surface area (Å²) in [4.78, 5) is 37.9. The van der Waals surface area contributed by atoms with E-state index in [1.54, 1.807) is 0 Å². The predicted molar refractivity (Wildman–Crippen MR) is 256 cm³/mol. The van der Waals surface area contributed by atoms with Crippen LogP contribution in [-0.2, 0) is 28.6 Å². The van der Waals surface area contributed by atoms with E-state index in [1.807, 2.05) is 24.3 Å². The van der Waals surface area contributed by atoms with Gasteiger partial charge in [0.25, 0.3) is 0 Å². The molecule has 0 aliphatic heterocycles. The van der Waals surface area contributed by atoms with Gasteiger partial charge in [-0.05, 0) is 83.5 Å². The van der Waals surface area contributed by atoms with Crippen molar-refractivity contribution < 1.29 is 28.6 Å². The third-order valence-electron chi connectivity index (χ3n) is 9.66. The molecule has 0 aliphatic carbocycles. The first-order valence-electron chi connectivity index (χ1n) is 24.0. The fourth-order valence-corrected chi connectivity index (χ4v) is 6.14. The van der Waals surface area contributed by atoms with Crippen LogP contribution >= 0.6 is 0 Å². The van der Waals surface area contributed by atoms with E-state index in [4.69, 9.17) is 14.2 Å². The highest BCUT2D eigenvalue weighted by Gasteiger charge is 2.19. The molecule has 0 fully saturated rings. The Morgan fingerprint density at radius 2 is 0.683 bits per heavy atom. The van der Waals surface area contributed by atoms with E-state index >= 15 is 0 Å². The molecule has 1 atom stereocenters. The van der Waals surface area contributed by atoms with Crippen LogP contribution in [0, 0.1) is 0 Å². The van der Waals surface area contributed by atoms with Crippen molar-refractivity contribution in [1.29, 1.82) is 0 Å². The maximum atomic E-state index is 12.8. The summed E-state index contributed by atoms with van der Waals surface area (Å²) in [6.07, 6.45) is 63.5. The van der Waals surface area contributed by atoms with Crippen molar-refractivity contribution in [2.75, 3.05) is 13.2 Å². The molecule has 0 saturated carbocycles. The number of ether oxygens (including phenoxy) is 3. The minimum atomic E-state index is -0.801. The van der Waals surface area contributed by atoms with Gasteiger partial charge in [-0.15, -0.1) is 0 Å². The molecule has 1 unspecified atom stereocenters. The van der Waals surface area contributed by atoms with Gasteiger partial charge >= 0.3 is 17.9 Å². The lowest BCUT2D eigenvalue weighted by Crippen LogP contribution is -2.30. The van der Waals surface area contributed by atoms with Crippen LogP contribution in [0.3, 0.4) is 0 Å². The molecule has 0 bridgehead atoms. The van der Waals surface area contributed by atoms with Crippen LogP contribution in [0.25, 0.3) is 0 Å². The van der Waals surface area contributed by atoms with Crippen LogP contribution in [0.1, 0.15) is 194 Å². The number of hydrogen-bond donors (Lipinski definition) is 0. The predicted octanol–water partition coefficient (Wildman–Crippen LogP) is 15.6. The molecular formula is C54H86O6. The Morgan fingerprint density at radius 3 is 1.12 bits per heavy atom. The van der Waals surface area contributed by atoms with Gasteiger partial charge in [-0.2, -0.15) is 0 Å². The van der Waals surface area contributed by atoms with Crippen molar-refractivity contribution in [2.24, 2.45) is 0 Å². The Balaban J connectivity index is 4.49. The zero-order chi connectivity index (χ0) is 43.7. The van der Waals surface area contributed by atoms with Gasteiger partial charge in [0.1, 0.15) is 13.2 Å². The molecule has 338 valence electrons. The monoisotopic (exact) mass is 831 g/mol. The largest absolute Gasteiger partial charge is 0.462 e. The molecule has 6 nitrogen and oxygen atoms in total. The Morgan fingerprint density at radius 1 is 0.350 bits per heavy atom. The SMILES string of the molecule is CC\C=C/C=C\C=C/C=C\CCCCCCCC(=O)OCC(COC(=O)CCCCCCC\C=C/C=C\C=C/CC)OC(=O)CCCCCCCCC/C=C\C/C=C\CC. The van der Waals surface area contributed by atoms with Crippen LogP contribution in [0.2, 0.25) is 0 Å². The normalized spacial score (nSPS) is 13.1. The Labute approximate surface area is 368 Å². The van der Waals surface area contributed by atoms with E-state index in [2.05, 4.69) is 106 Å². The lowest BCUT2D eigenvalue weighted by atomic mass is 10.1. The average molecular weight is 831 g/mol. The van der Waals surface area contributed by atoms with Gasteiger partial charge < -0.3 is 14.2 Å². The number of allylic oxidation sites excluding steroid dienone is 18. The summed E-state index contributed by atoms with van der Waals surface area (Å²) in [7, 11) is 0. The molecule has 0 spiro atoms. The van der Waals surface area contributed by atoms with Gasteiger partial charge in [0, 0.05) is 19.3 Å². The highest BCUT2D eigenvalue weighted by atomic mass is 16.6. The van der Waals surface area contributed by atoms with Gasteiger partial charge in [-0.3, -0.25) is 14.4 Å². The molecule has 6 heteroatoms. The summed E-state index contributed by atoms with van der Waals surface area (Å²) < 4.78 is 16.7. The highest BCUT2D eigenvalue weighted by molar-refractivity contribution is 5.71. The van der Waals surface area contributed by atoms with Gasteiger partial charge in [-0.25, -0.2) is 0 Å². The highest BCUT2D eigenvalue weighted by Crippen LogP contribution is 2.13. The second-order valence-electron chi connectivity index (χ2n) is 15.4. The molecule has 0 heterocycles. The molecule has 0 aromatic heterocycles. The quantitative estimate of drug-likeness (QED) is 0.0201. The summed E-state index contributed by atoms with van der Waals surface area (Å²) in [6.45, 7) is 6.19. The van der Waals surface area contributed by atoms with Gasteiger partial charge in [-0.1, -0.05) is 201 Å². The van der Waals surface area contributed by atoms with Crippen molar-refractivity contribution in [2.45, 2.75) is 200 Å². The van der Waals surface area contributed by atoms with E-state index in [1.165, 1.54) is 25.7 Å². The summed E-state index contributed by atoms with van der Waals surface area (Å²) in [5, 5.41) is 0. The van der Waals surface area contributed by atoms with Gasteiger partial charge in [0.05, 0.1) is 0 Å². The number of carbonyl (C=O) groups excluding carboxylic acids is 3. The number of esters is 3. The van der Waals surface area contributed by atoms with Crippen molar-refractivity contribution in [1.82, 2.24) is 0 Å². The summed E-state index contributed by atoms with van der Waals surface area (Å²) in [6, 6.07) is 0. The van der Waals surface area contributed by atoms with E-state index in [0.29, 0.717) is 19.3 Å². The zero-order valence-corrected chi connectivity index (χ0v) is 38.4. The first-order valence-corrected chi connectivity index (χ1v) is 24.0. The molecule has 0 N–H and O–H groups in total. The lowest BCUT2D eigenvalue weighted by molar-refractivity contribution is -0.167. The third-order valence-corrected chi connectivity index (χ3v) is 9.66. The topological polar surface area (TPSA) is 78.9 Å². The Kier molecular flexibility index (Phi) is 44.6. The molecule has 60 heavy (non-hydrogen) atoms. The van der Waals surface area contributed by atoms with Crippen LogP contribution in [0.5, 0.6) is 0 Å². The van der Waals surface area contributed by atoms with E-state index in [9.17, 15) is 14.4 Å². The maximum Gasteiger partial charge on any atom is 0.306 e. The second-order valence-corrected chi connectivity index (χ2v) is 15.4. The van der Waals surface area contributed by atoms with Gasteiger partial charge in [0.15, 0.2) is 6.10 Å². The zero-order valence-electron chi connectivity index (χ0n) is 38.4. The fourth-order valence-electron chi connectivity index (χ4n) is 6.14. The molecule has 0 rings (SSSR count). The van der Waals surface area contributed by atoms with Crippen molar-refractivity contribution in [3.8, 4) is 0 Å². The third kappa shape index (κ3) is 45.2. The molecule has 0 saturated heterocycles. The van der Waals surface area contributed by atoms with Crippen molar-refractivity contribution in [3.63, 3.8) is 0 Å². The average Bonchev–Trinajstić information content (AvgIpc) is 3.24. The second kappa shape index (κ2) is 47.7. The summed E-state index contributed by atoms with van der Waals surface area (Å²) >= 11 is 0. The number of rotatable bonds is 41. The fraction of sp³-hybridized carbons (Fsp3) is 0.611. The van der Waals surface area contributed by atoms with Crippen LogP contribution < -0.4 is 0 Å². The smallest absolute Gasteiger partial charge is 0.306 e. The maximum absolute atomic E-state index is 12.8. The molecule has 0 aliphatic rings. The van der Waals surface area contributed by atoms with E-state index in [-0.39, 0.29) is 31.1 Å². The van der Waals surface area contributed by atoms with E-state index in [0.717, 1.165) is 128 Å². The number of unbranched alkanes of at least 4 members (excludes halogenated alkanes) is 17. The first kappa shape index (κ1) is 56.1. The summed E-state index contributed by atoms with van der Waals surface area (Å²) in [5.74, 6) is -0.962. The van der Waals surface area contributed by atoms with Crippen LogP contribution in [0.4, 0.5) is 0 Å². The standard InChI is InChI=1S/C54H86O6/c1-4-7-10-13-16-19-22-25-27-30-32-35-38-41-44-47-53(56)59-50-51(49-58-52(55)46-43-40-37-34-31-28-24-21-18-15-12-9-6-3)60-54(57)48-45-42-39-36-33-29-26-23-20-17-14-11-8-5-2/h7-13,15-22,24-25,27,51H,4-6,14,23,26,28-50H2,1-3H3/b10-7-,11-8-,12-9-,16-13-,18-15-,20-17-,22-19-,24-21-,27-25-. The number of hydrogen-bond acceptors (Lipinski definition) is 6. The number of carbonyl (C=O) groups is 3. The van der Waals surface area contributed by atoms with Gasteiger partial charge in [0.2, 0.25) is 0 Å². The van der Waals surface area contributed by atoms with Crippen molar-refractivity contribution in [3.05, 3.63) is 109 Å². The minimum Gasteiger partial charge on any atom is -0.462 e.